The maximum atomic E-state index is 9.10. The highest BCUT2D eigenvalue weighted by molar-refractivity contribution is 5.44. The van der Waals surface area contributed by atoms with Crippen LogP contribution in [0.2, 0.25) is 0 Å². The van der Waals surface area contributed by atoms with Crippen molar-refractivity contribution in [1.29, 1.82) is 0 Å². The van der Waals surface area contributed by atoms with Gasteiger partial charge in [-0.15, -0.1) is 0 Å². The first-order chi connectivity index (χ1) is 10.8. The van der Waals surface area contributed by atoms with Crippen LogP contribution in [-0.4, -0.2) is 23.3 Å². The summed E-state index contributed by atoms with van der Waals surface area (Å²) in [7, 11) is 0. The summed E-state index contributed by atoms with van der Waals surface area (Å²) in [6, 6.07) is 14.2. The second kappa shape index (κ2) is 6.81. The summed E-state index contributed by atoms with van der Waals surface area (Å²) in [6.45, 7) is 5.29. The number of fused-ring (bicyclic) bond motifs is 1. The van der Waals surface area contributed by atoms with Gasteiger partial charge in [-0.2, -0.15) is 0 Å². The lowest BCUT2D eigenvalue weighted by Gasteiger charge is -2.21. The highest BCUT2D eigenvalue weighted by Crippen LogP contribution is 2.32. The normalized spacial score (nSPS) is 12.9. The van der Waals surface area contributed by atoms with E-state index in [1.165, 1.54) is 11.1 Å². The molecule has 0 unspecified atom stereocenters. The van der Waals surface area contributed by atoms with E-state index in [1.807, 2.05) is 18.2 Å². The molecule has 0 fully saturated rings. The monoisotopic (exact) mass is 299 g/mol. The van der Waals surface area contributed by atoms with Crippen molar-refractivity contribution >= 4 is 0 Å². The Morgan fingerprint density at radius 2 is 1.55 bits per heavy atom. The molecule has 0 bridgehead atoms. The number of aliphatic hydroxyl groups excluding tert-OH is 1. The highest BCUT2D eigenvalue weighted by Gasteiger charge is 2.14. The fourth-order valence-corrected chi connectivity index (χ4v) is 2.59. The smallest absolute Gasteiger partial charge is 0.231 e. The summed E-state index contributed by atoms with van der Waals surface area (Å²) in [5, 5.41) is 9.10. The van der Waals surface area contributed by atoms with Crippen molar-refractivity contribution in [2.75, 3.05) is 13.3 Å². The van der Waals surface area contributed by atoms with Gasteiger partial charge in [-0.3, -0.25) is 4.90 Å². The van der Waals surface area contributed by atoms with Crippen LogP contribution in [0, 0.1) is 0 Å². The molecule has 22 heavy (non-hydrogen) atoms. The predicted molar refractivity (Wildman–Crippen MR) is 84.7 cm³/mol. The first-order valence-electron chi connectivity index (χ1n) is 7.58. The molecule has 0 saturated heterocycles. The van der Waals surface area contributed by atoms with Crippen LogP contribution >= 0.6 is 0 Å². The van der Waals surface area contributed by atoms with E-state index in [-0.39, 0.29) is 6.61 Å². The van der Waals surface area contributed by atoms with Gasteiger partial charge in [-0.05, 0) is 35.4 Å². The second-order valence-corrected chi connectivity index (χ2v) is 5.47. The third-order valence-electron chi connectivity index (χ3n) is 3.90. The summed E-state index contributed by atoms with van der Waals surface area (Å²) >= 11 is 0. The molecule has 4 nitrogen and oxygen atoms in total. The van der Waals surface area contributed by atoms with Gasteiger partial charge in [0.15, 0.2) is 11.5 Å². The second-order valence-electron chi connectivity index (χ2n) is 5.47. The molecule has 0 saturated carbocycles. The third kappa shape index (κ3) is 3.40. The van der Waals surface area contributed by atoms with Gasteiger partial charge in [0, 0.05) is 13.1 Å². The molecule has 0 spiro atoms. The Hall–Kier alpha value is -2.04. The average molecular weight is 299 g/mol. The van der Waals surface area contributed by atoms with E-state index in [4.69, 9.17) is 14.6 Å². The fourth-order valence-electron chi connectivity index (χ4n) is 2.59. The number of benzene rings is 2. The zero-order valence-corrected chi connectivity index (χ0v) is 12.8. The van der Waals surface area contributed by atoms with Gasteiger partial charge >= 0.3 is 0 Å². The topological polar surface area (TPSA) is 41.9 Å². The van der Waals surface area contributed by atoms with Crippen LogP contribution in [-0.2, 0) is 19.7 Å². The molecule has 1 heterocycles. The lowest BCUT2D eigenvalue weighted by molar-refractivity contribution is 0.174. The molecule has 2 aromatic carbocycles. The molecule has 2 aromatic rings. The molecule has 0 amide bonds. The van der Waals surface area contributed by atoms with Crippen LogP contribution in [0.15, 0.2) is 42.5 Å². The largest absolute Gasteiger partial charge is 0.454 e. The summed E-state index contributed by atoms with van der Waals surface area (Å²) in [5.74, 6) is 1.66. The van der Waals surface area contributed by atoms with E-state index in [0.29, 0.717) is 6.79 Å². The quantitative estimate of drug-likeness (QED) is 0.890. The molecule has 0 atom stereocenters. The molecule has 0 radical (unpaired) electrons. The van der Waals surface area contributed by atoms with Crippen LogP contribution in [0.1, 0.15) is 23.6 Å². The van der Waals surface area contributed by atoms with E-state index in [0.717, 1.165) is 36.7 Å². The first kappa shape index (κ1) is 14.9. The molecule has 3 rings (SSSR count). The number of hydrogen-bond acceptors (Lipinski definition) is 4. The van der Waals surface area contributed by atoms with Gasteiger partial charge in [-0.25, -0.2) is 0 Å². The summed E-state index contributed by atoms with van der Waals surface area (Å²) in [4.78, 5) is 2.37. The molecule has 0 aromatic heterocycles. The number of rotatable bonds is 6. The molecule has 116 valence electrons. The zero-order valence-electron chi connectivity index (χ0n) is 12.8. The first-order valence-corrected chi connectivity index (χ1v) is 7.58. The molecular weight excluding hydrogens is 278 g/mol. The number of ether oxygens (including phenoxy) is 2. The van der Waals surface area contributed by atoms with Crippen LogP contribution in [0.25, 0.3) is 0 Å². The molecule has 0 aliphatic carbocycles. The van der Waals surface area contributed by atoms with Crippen molar-refractivity contribution in [2.24, 2.45) is 0 Å². The Balaban J connectivity index is 1.66. The summed E-state index contributed by atoms with van der Waals surface area (Å²) in [6.07, 6.45) is 0. The molecule has 1 aliphatic rings. The van der Waals surface area contributed by atoms with Crippen molar-refractivity contribution in [3.8, 4) is 11.5 Å². The van der Waals surface area contributed by atoms with Crippen molar-refractivity contribution in [3.63, 3.8) is 0 Å². The minimum Gasteiger partial charge on any atom is -0.454 e. The zero-order chi connectivity index (χ0) is 15.4. The Labute approximate surface area is 130 Å². The maximum Gasteiger partial charge on any atom is 0.231 e. The van der Waals surface area contributed by atoms with E-state index in [1.54, 1.807) is 0 Å². The fraction of sp³-hybridized carbons (Fsp3) is 0.333. The van der Waals surface area contributed by atoms with E-state index in [9.17, 15) is 0 Å². The van der Waals surface area contributed by atoms with Crippen molar-refractivity contribution in [1.82, 2.24) is 4.90 Å². The van der Waals surface area contributed by atoms with Crippen LogP contribution in [0.4, 0.5) is 0 Å². The Bertz CT molecular complexity index is 625. The van der Waals surface area contributed by atoms with Crippen LogP contribution in [0.5, 0.6) is 11.5 Å². The summed E-state index contributed by atoms with van der Waals surface area (Å²) < 4.78 is 10.8. The lowest BCUT2D eigenvalue weighted by atomic mass is 10.1. The van der Waals surface area contributed by atoms with Gasteiger partial charge in [0.05, 0.1) is 6.61 Å². The van der Waals surface area contributed by atoms with Crippen molar-refractivity contribution in [3.05, 3.63) is 59.2 Å². The number of hydrogen-bond donors (Lipinski definition) is 1. The number of nitrogens with zero attached hydrogens (tertiary/aromatic N) is 1. The van der Waals surface area contributed by atoms with E-state index in [2.05, 4.69) is 36.1 Å². The SMILES string of the molecule is CCN(Cc1ccc(CO)cc1)Cc1ccc2c(c1)OCO2. The predicted octanol–water partition coefficient (Wildman–Crippen LogP) is 2.93. The van der Waals surface area contributed by atoms with Crippen molar-refractivity contribution < 1.29 is 14.6 Å². The van der Waals surface area contributed by atoms with Crippen molar-refractivity contribution in [2.45, 2.75) is 26.6 Å². The molecule has 1 aliphatic heterocycles. The van der Waals surface area contributed by atoms with E-state index < -0.39 is 0 Å². The van der Waals surface area contributed by atoms with Crippen LogP contribution in [0.3, 0.4) is 0 Å². The highest BCUT2D eigenvalue weighted by atomic mass is 16.7. The van der Waals surface area contributed by atoms with Gasteiger partial charge in [0.25, 0.3) is 0 Å². The Kier molecular flexibility index (Phi) is 4.61. The lowest BCUT2D eigenvalue weighted by Crippen LogP contribution is -2.22. The van der Waals surface area contributed by atoms with Gasteiger partial charge in [-0.1, -0.05) is 37.3 Å². The molecular formula is C18H21NO3. The maximum absolute atomic E-state index is 9.10. The van der Waals surface area contributed by atoms with E-state index >= 15 is 0 Å². The minimum absolute atomic E-state index is 0.0922. The minimum atomic E-state index is 0.0922. The van der Waals surface area contributed by atoms with Gasteiger partial charge in [0.2, 0.25) is 6.79 Å². The molecule has 1 N–H and O–H groups in total. The summed E-state index contributed by atoms with van der Waals surface area (Å²) in [5.41, 5.74) is 3.42. The Morgan fingerprint density at radius 1 is 0.909 bits per heavy atom. The third-order valence-corrected chi connectivity index (χ3v) is 3.90. The standard InChI is InChI=1S/C18H21NO3/c1-2-19(10-14-3-5-15(12-20)6-4-14)11-16-7-8-17-18(9-16)22-13-21-17/h3-9,20H,2,10-13H2,1H3. The number of aliphatic hydroxyl groups is 1. The van der Waals surface area contributed by atoms with Gasteiger partial charge in [0.1, 0.15) is 0 Å². The molecule has 4 heteroatoms. The average Bonchev–Trinajstić information content (AvgIpc) is 3.02. The van der Waals surface area contributed by atoms with Gasteiger partial charge < -0.3 is 14.6 Å². The van der Waals surface area contributed by atoms with Crippen LogP contribution < -0.4 is 9.47 Å². The Morgan fingerprint density at radius 3 is 2.27 bits per heavy atom.